The molecule has 8 heavy (non-hydrogen) atoms. The van der Waals surface area contributed by atoms with Gasteiger partial charge in [-0.2, -0.15) is 0 Å². The summed E-state index contributed by atoms with van der Waals surface area (Å²) >= 11 is 1.87. The Hall–Kier alpha value is 0.310. The van der Waals surface area contributed by atoms with Gasteiger partial charge in [0.2, 0.25) is 0 Å². The van der Waals surface area contributed by atoms with E-state index in [0.717, 1.165) is 5.92 Å². The van der Waals surface area contributed by atoms with Crippen LogP contribution in [0.25, 0.3) is 0 Å². The molecule has 0 spiro atoms. The lowest BCUT2D eigenvalue weighted by Gasteiger charge is -2.08. The predicted octanol–water partition coefficient (Wildman–Crippen LogP) is 1.61. The number of hydrogen-bond acceptors (Lipinski definition) is 2. The molecule has 1 aliphatic rings. The highest BCUT2D eigenvalue weighted by molar-refractivity contribution is 7.96. The first-order chi connectivity index (χ1) is 3.83. The molecule has 0 unspecified atom stereocenters. The van der Waals surface area contributed by atoms with Gasteiger partial charge >= 0.3 is 0 Å². The van der Waals surface area contributed by atoms with E-state index in [4.69, 9.17) is 0 Å². The molecule has 0 aromatic carbocycles. The Morgan fingerprint density at radius 1 is 1.62 bits per heavy atom. The summed E-state index contributed by atoms with van der Waals surface area (Å²) in [6, 6.07) is 0. The van der Waals surface area contributed by atoms with E-state index < -0.39 is 0 Å². The largest absolute Gasteiger partial charge is 0.251 e. The molecule has 1 fully saturated rings. The zero-order valence-corrected chi connectivity index (χ0v) is 6.37. The van der Waals surface area contributed by atoms with Crippen molar-refractivity contribution < 1.29 is 0 Å². The highest BCUT2D eigenvalue weighted by Gasteiger charge is 2.16. The van der Waals surface area contributed by atoms with Crippen LogP contribution >= 0.6 is 11.9 Å². The first-order valence-electron chi connectivity index (χ1n) is 3.12. The van der Waals surface area contributed by atoms with Gasteiger partial charge in [0.1, 0.15) is 0 Å². The maximum atomic E-state index is 2.42. The van der Waals surface area contributed by atoms with Gasteiger partial charge in [-0.05, 0) is 18.6 Å². The Bertz CT molecular complexity index is 74.9. The monoisotopic (exact) mass is 131 g/mol. The summed E-state index contributed by atoms with van der Waals surface area (Å²) in [6.07, 6.45) is 3.54. The molecule has 1 rings (SSSR count). The highest BCUT2D eigenvalue weighted by Crippen LogP contribution is 2.19. The van der Waals surface area contributed by atoms with Gasteiger partial charge in [-0.25, -0.2) is 0 Å². The summed E-state index contributed by atoms with van der Waals surface area (Å²) in [4.78, 5) is 0. The first-order valence-corrected chi connectivity index (χ1v) is 4.30. The second-order valence-corrected chi connectivity index (χ2v) is 3.35. The van der Waals surface area contributed by atoms with E-state index in [1.807, 2.05) is 11.9 Å². The van der Waals surface area contributed by atoms with Gasteiger partial charge < -0.3 is 0 Å². The molecule has 0 aromatic heterocycles. The van der Waals surface area contributed by atoms with Gasteiger partial charge in [0.05, 0.1) is 0 Å². The minimum atomic E-state index is 0.933. The van der Waals surface area contributed by atoms with Crippen molar-refractivity contribution >= 4 is 11.9 Å². The third kappa shape index (κ3) is 1.39. The molecule has 0 aromatic rings. The lowest BCUT2D eigenvalue weighted by atomic mass is 10.2. The summed E-state index contributed by atoms with van der Waals surface area (Å²) < 4.78 is 2.42. The summed E-state index contributed by atoms with van der Waals surface area (Å²) in [6.45, 7) is 4.90. The van der Waals surface area contributed by atoms with Crippen LogP contribution in [0.1, 0.15) is 13.3 Å². The van der Waals surface area contributed by atoms with Crippen LogP contribution < -0.4 is 0 Å². The predicted molar refractivity (Wildman–Crippen MR) is 38.9 cm³/mol. The third-order valence-corrected chi connectivity index (χ3v) is 2.49. The van der Waals surface area contributed by atoms with Crippen LogP contribution in [0, 0.1) is 5.92 Å². The molecule has 0 amide bonds. The van der Waals surface area contributed by atoms with Crippen LogP contribution in [0.5, 0.6) is 0 Å². The standard InChI is InChI=1S/C6H13NS/c1-6-3-4-7(5-6)8-2/h6H,3-5H2,1-2H3/t6-/m1/s1. The Balaban J connectivity index is 2.22. The average Bonchev–Trinajstić information content (AvgIpc) is 2.14. The normalized spacial score (nSPS) is 31.5. The molecule has 48 valence electrons. The zero-order chi connectivity index (χ0) is 5.98. The molecule has 0 radical (unpaired) electrons. The van der Waals surface area contributed by atoms with Crippen molar-refractivity contribution in [2.45, 2.75) is 13.3 Å². The minimum Gasteiger partial charge on any atom is -0.251 e. The van der Waals surface area contributed by atoms with Gasteiger partial charge in [0, 0.05) is 13.1 Å². The molecule has 0 N–H and O–H groups in total. The number of rotatable bonds is 1. The highest BCUT2D eigenvalue weighted by atomic mass is 32.2. The van der Waals surface area contributed by atoms with Gasteiger partial charge in [-0.3, -0.25) is 4.31 Å². The molecule has 1 nitrogen and oxygen atoms in total. The Labute approximate surface area is 55.6 Å². The fourth-order valence-corrected chi connectivity index (χ4v) is 1.75. The zero-order valence-electron chi connectivity index (χ0n) is 5.55. The SMILES string of the molecule is CSN1CC[C@@H](C)C1. The van der Waals surface area contributed by atoms with E-state index in [1.54, 1.807) is 0 Å². The van der Waals surface area contributed by atoms with Crippen molar-refractivity contribution in [1.82, 2.24) is 4.31 Å². The van der Waals surface area contributed by atoms with Crippen molar-refractivity contribution in [3.8, 4) is 0 Å². The summed E-state index contributed by atoms with van der Waals surface area (Å²) in [7, 11) is 0. The maximum Gasteiger partial charge on any atom is 0.0115 e. The molecular weight excluding hydrogens is 118 g/mol. The van der Waals surface area contributed by atoms with E-state index in [2.05, 4.69) is 17.5 Å². The van der Waals surface area contributed by atoms with Gasteiger partial charge in [-0.1, -0.05) is 18.9 Å². The average molecular weight is 131 g/mol. The molecule has 1 heterocycles. The summed E-state index contributed by atoms with van der Waals surface area (Å²) in [5.74, 6) is 0.933. The van der Waals surface area contributed by atoms with E-state index >= 15 is 0 Å². The van der Waals surface area contributed by atoms with Crippen LogP contribution in [-0.4, -0.2) is 23.7 Å². The van der Waals surface area contributed by atoms with Crippen LogP contribution in [0.3, 0.4) is 0 Å². The van der Waals surface area contributed by atoms with Crippen molar-refractivity contribution in [2.24, 2.45) is 5.92 Å². The van der Waals surface area contributed by atoms with Gasteiger partial charge in [-0.15, -0.1) is 0 Å². The minimum absolute atomic E-state index is 0.933. The number of hydrogen-bond donors (Lipinski definition) is 0. The second-order valence-electron chi connectivity index (χ2n) is 2.46. The number of nitrogens with zero attached hydrogens (tertiary/aromatic N) is 1. The molecule has 1 saturated heterocycles. The van der Waals surface area contributed by atoms with Gasteiger partial charge in [0.15, 0.2) is 0 Å². The smallest absolute Gasteiger partial charge is 0.0115 e. The van der Waals surface area contributed by atoms with Gasteiger partial charge in [0.25, 0.3) is 0 Å². The Morgan fingerprint density at radius 2 is 2.38 bits per heavy atom. The first kappa shape index (κ1) is 6.43. The molecule has 2 heteroatoms. The topological polar surface area (TPSA) is 3.24 Å². The lowest BCUT2D eigenvalue weighted by molar-refractivity contribution is 0.551. The van der Waals surface area contributed by atoms with Crippen LogP contribution in [0.2, 0.25) is 0 Å². The fraction of sp³-hybridized carbons (Fsp3) is 1.00. The van der Waals surface area contributed by atoms with Crippen LogP contribution in [0.4, 0.5) is 0 Å². The van der Waals surface area contributed by atoms with E-state index in [0.29, 0.717) is 0 Å². The van der Waals surface area contributed by atoms with Crippen LogP contribution in [0.15, 0.2) is 0 Å². The Morgan fingerprint density at radius 3 is 2.62 bits per heavy atom. The molecular formula is C6H13NS. The van der Waals surface area contributed by atoms with E-state index in [9.17, 15) is 0 Å². The van der Waals surface area contributed by atoms with E-state index in [1.165, 1.54) is 19.5 Å². The summed E-state index contributed by atoms with van der Waals surface area (Å²) in [5.41, 5.74) is 0. The maximum absolute atomic E-state index is 2.42. The molecule has 1 aliphatic heterocycles. The fourth-order valence-electron chi connectivity index (χ4n) is 1.06. The molecule has 0 bridgehead atoms. The third-order valence-electron chi connectivity index (χ3n) is 1.64. The van der Waals surface area contributed by atoms with Crippen molar-refractivity contribution in [3.63, 3.8) is 0 Å². The van der Waals surface area contributed by atoms with Crippen LogP contribution in [-0.2, 0) is 0 Å². The summed E-state index contributed by atoms with van der Waals surface area (Å²) in [5, 5.41) is 0. The van der Waals surface area contributed by atoms with Crippen molar-refractivity contribution in [1.29, 1.82) is 0 Å². The molecule has 0 saturated carbocycles. The Kier molecular flexibility index (Phi) is 2.20. The second kappa shape index (κ2) is 2.74. The van der Waals surface area contributed by atoms with Crippen molar-refractivity contribution in [2.75, 3.05) is 19.3 Å². The van der Waals surface area contributed by atoms with Crippen molar-refractivity contribution in [3.05, 3.63) is 0 Å². The van der Waals surface area contributed by atoms with E-state index in [-0.39, 0.29) is 0 Å². The molecule has 1 atom stereocenters. The molecule has 0 aliphatic carbocycles. The lowest BCUT2D eigenvalue weighted by Crippen LogP contribution is -2.09. The quantitative estimate of drug-likeness (QED) is 0.497.